The summed E-state index contributed by atoms with van der Waals surface area (Å²) in [5.74, 6) is -2.10. The maximum atomic E-state index is 13.3. The number of ether oxygens (including phenoxy) is 2. The van der Waals surface area contributed by atoms with Crippen molar-refractivity contribution in [2.45, 2.75) is 31.6 Å². The van der Waals surface area contributed by atoms with Crippen LogP contribution in [0.2, 0.25) is 0 Å². The van der Waals surface area contributed by atoms with Crippen molar-refractivity contribution in [3.8, 4) is 11.1 Å². The molecule has 3 N–H and O–H groups in total. The van der Waals surface area contributed by atoms with E-state index in [9.17, 15) is 24.6 Å². The molecule has 0 fully saturated rings. The number of aliphatic carboxylic acids is 1. The Labute approximate surface area is 227 Å². The van der Waals surface area contributed by atoms with Crippen molar-refractivity contribution < 1.29 is 34.1 Å². The molecule has 0 saturated heterocycles. The van der Waals surface area contributed by atoms with E-state index in [-0.39, 0.29) is 25.7 Å². The minimum atomic E-state index is -1.24. The molecule has 0 saturated carbocycles. The first-order chi connectivity index (χ1) is 18.9. The van der Waals surface area contributed by atoms with Crippen LogP contribution in [0.4, 0.5) is 4.79 Å². The van der Waals surface area contributed by atoms with Gasteiger partial charge in [-0.15, -0.1) is 0 Å². The highest BCUT2D eigenvalue weighted by Crippen LogP contribution is 2.44. The summed E-state index contributed by atoms with van der Waals surface area (Å²) >= 11 is 0. The van der Waals surface area contributed by atoms with Crippen LogP contribution < -0.4 is 5.32 Å². The molecule has 204 valence electrons. The molecule has 1 aliphatic carbocycles. The predicted molar refractivity (Wildman–Crippen MR) is 144 cm³/mol. The van der Waals surface area contributed by atoms with Gasteiger partial charge in [0.1, 0.15) is 19.2 Å². The topological polar surface area (TPSA) is 125 Å². The van der Waals surface area contributed by atoms with Gasteiger partial charge in [-0.3, -0.25) is 9.59 Å². The number of hydrogen-bond acceptors (Lipinski definition) is 6. The fourth-order valence-corrected chi connectivity index (χ4v) is 4.79. The number of carbonyl (C=O) groups excluding carboxylic acids is 2. The maximum Gasteiger partial charge on any atom is 0.407 e. The number of aliphatic hydroxyl groups excluding tert-OH is 1. The zero-order chi connectivity index (χ0) is 27.8. The van der Waals surface area contributed by atoms with Crippen molar-refractivity contribution in [3.63, 3.8) is 0 Å². The fraction of sp³-hybridized carbons (Fsp3) is 0.300. The number of carboxylic acids is 1. The van der Waals surface area contributed by atoms with Crippen LogP contribution in [-0.4, -0.2) is 71.5 Å². The van der Waals surface area contributed by atoms with Crippen molar-refractivity contribution in [3.05, 3.63) is 95.6 Å². The lowest BCUT2D eigenvalue weighted by Crippen LogP contribution is -2.55. The largest absolute Gasteiger partial charge is 0.480 e. The van der Waals surface area contributed by atoms with Gasteiger partial charge in [-0.25, -0.2) is 4.79 Å². The molecule has 0 spiro atoms. The van der Waals surface area contributed by atoms with E-state index < -0.39 is 43.3 Å². The van der Waals surface area contributed by atoms with Crippen LogP contribution in [0.25, 0.3) is 11.1 Å². The summed E-state index contributed by atoms with van der Waals surface area (Å²) in [4.78, 5) is 38.7. The summed E-state index contributed by atoms with van der Waals surface area (Å²) in [6, 6.07) is 24.0. The fourth-order valence-electron chi connectivity index (χ4n) is 4.79. The van der Waals surface area contributed by atoms with Gasteiger partial charge in [0.15, 0.2) is 0 Å². The lowest BCUT2D eigenvalue weighted by molar-refractivity contribution is -0.147. The first-order valence-electron chi connectivity index (χ1n) is 12.8. The van der Waals surface area contributed by atoms with Crippen molar-refractivity contribution >= 4 is 18.0 Å². The summed E-state index contributed by atoms with van der Waals surface area (Å²) in [5, 5.41) is 21.2. The highest BCUT2D eigenvalue weighted by molar-refractivity contribution is 5.88. The number of alkyl carbamates (subject to hydrolysis) is 1. The van der Waals surface area contributed by atoms with Crippen molar-refractivity contribution in [1.29, 1.82) is 0 Å². The number of rotatable bonds is 12. The number of amides is 2. The monoisotopic (exact) mass is 532 g/mol. The first kappa shape index (κ1) is 27.8. The number of carbonyl (C=O) groups is 3. The molecule has 9 heteroatoms. The van der Waals surface area contributed by atoms with Crippen molar-refractivity contribution in [2.24, 2.45) is 0 Å². The third-order valence-corrected chi connectivity index (χ3v) is 6.72. The highest BCUT2D eigenvalue weighted by atomic mass is 16.5. The van der Waals surface area contributed by atoms with Crippen LogP contribution in [0.5, 0.6) is 0 Å². The molecule has 0 aromatic heterocycles. The summed E-state index contributed by atoms with van der Waals surface area (Å²) < 4.78 is 11.5. The number of nitrogens with zero attached hydrogens (tertiary/aromatic N) is 1. The number of fused-ring (bicyclic) bond motifs is 3. The lowest BCUT2D eigenvalue weighted by Gasteiger charge is -2.29. The molecule has 0 heterocycles. The summed E-state index contributed by atoms with van der Waals surface area (Å²) in [5.41, 5.74) is 5.15. The van der Waals surface area contributed by atoms with Crippen LogP contribution >= 0.6 is 0 Å². The molecule has 9 nitrogen and oxygen atoms in total. The molecular weight excluding hydrogens is 500 g/mol. The van der Waals surface area contributed by atoms with E-state index in [0.29, 0.717) is 0 Å². The SMILES string of the molecule is C[C@H](OCc1ccccc1)[C@@H](NC(=O)OCC1c2ccccc2-c2ccccc21)C(=O)N(CCO)CC(=O)O. The molecule has 3 aromatic carbocycles. The van der Waals surface area contributed by atoms with Gasteiger partial charge >= 0.3 is 12.1 Å². The molecule has 39 heavy (non-hydrogen) atoms. The molecule has 3 aromatic rings. The third kappa shape index (κ3) is 6.81. The van der Waals surface area contributed by atoms with Crippen LogP contribution in [0, 0.1) is 0 Å². The number of carboxylic acid groups (broad SMARTS) is 1. The van der Waals surface area contributed by atoms with E-state index in [1.54, 1.807) is 6.92 Å². The second kappa shape index (κ2) is 13.0. The summed E-state index contributed by atoms with van der Waals surface area (Å²) in [6.07, 6.45) is -1.65. The van der Waals surface area contributed by atoms with Gasteiger partial charge < -0.3 is 29.9 Å². The molecular formula is C30H32N2O7. The van der Waals surface area contributed by atoms with Gasteiger partial charge in [0.05, 0.1) is 19.3 Å². The molecule has 0 bridgehead atoms. The number of hydrogen-bond donors (Lipinski definition) is 3. The van der Waals surface area contributed by atoms with Crippen LogP contribution in [0.3, 0.4) is 0 Å². The smallest absolute Gasteiger partial charge is 0.407 e. The second-order valence-electron chi connectivity index (χ2n) is 9.33. The van der Waals surface area contributed by atoms with Gasteiger partial charge in [-0.2, -0.15) is 0 Å². The van der Waals surface area contributed by atoms with Gasteiger partial charge in [-0.05, 0) is 34.7 Å². The molecule has 4 rings (SSSR count). The maximum absolute atomic E-state index is 13.3. The summed E-state index contributed by atoms with van der Waals surface area (Å²) in [6.45, 7) is 0.572. The average molecular weight is 533 g/mol. The predicted octanol–water partition coefficient (Wildman–Crippen LogP) is 3.40. The van der Waals surface area contributed by atoms with Crippen molar-refractivity contribution in [1.82, 2.24) is 10.2 Å². The van der Waals surface area contributed by atoms with Crippen molar-refractivity contribution in [2.75, 3.05) is 26.3 Å². The standard InChI is InChI=1S/C30H32N2O7/c1-20(38-18-21-9-3-2-4-10-21)28(29(36)32(15-16-33)17-27(34)35)31-30(37)39-19-26-24-13-7-5-11-22(24)23-12-6-8-14-25(23)26/h2-14,20,26,28,33H,15-19H2,1H3,(H,31,37)(H,34,35)/t20-,28+/m0/s1. The number of aliphatic hydroxyl groups is 1. The Morgan fingerprint density at radius 2 is 1.51 bits per heavy atom. The van der Waals surface area contributed by atoms with E-state index in [2.05, 4.69) is 5.32 Å². The van der Waals surface area contributed by atoms with Gasteiger partial charge in [0, 0.05) is 12.5 Å². The lowest BCUT2D eigenvalue weighted by atomic mass is 9.98. The average Bonchev–Trinajstić information content (AvgIpc) is 3.27. The van der Waals surface area contributed by atoms with Crippen LogP contribution in [-0.2, 0) is 25.7 Å². The molecule has 0 aliphatic heterocycles. The molecule has 2 atom stereocenters. The third-order valence-electron chi connectivity index (χ3n) is 6.72. The Morgan fingerprint density at radius 3 is 2.10 bits per heavy atom. The molecule has 2 amide bonds. The zero-order valence-electron chi connectivity index (χ0n) is 21.7. The van der Waals surface area contributed by atoms with Crippen LogP contribution in [0.15, 0.2) is 78.9 Å². The Morgan fingerprint density at radius 1 is 0.923 bits per heavy atom. The van der Waals surface area contributed by atoms with E-state index in [1.165, 1.54) is 0 Å². The van der Waals surface area contributed by atoms with Gasteiger partial charge in [0.2, 0.25) is 5.91 Å². The number of benzene rings is 3. The van der Waals surface area contributed by atoms with Gasteiger partial charge in [0.25, 0.3) is 0 Å². The Hall–Kier alpha value is -4.21. The molecule has 1 aliphatic rings. The Balaban J connectivity index is 1.48. The van der Waals surface area contributed by atoms with E-state index in [1.807, 2.05) is 78.9 Å². The summed E-state index contributed by atoms with van der Waals surface area (Å²) in [7, 11) is 0. The normalized spacial score (nSPS) is 13.6. The first-order valence-corrected chi connectivity index (χ1v) is 12.8. The van der Waals surface area contributed by atoms with E-state index in [0.717, 1.165) is 32.7 Å². The zero-order valence-corrected chi connectivity index (χ0v) is 21.7. The van der Waals surface area contributed by atoms with E-state index >= 15 is 0 Å². The minimum Gasteiger partial charge on any atom is -0.480 e. The highest BCUT2D eigenvalue weighted by Gasteiger charge is 2.34. The molecule has 0 unspecified atom stereocenters. The quantitative estimate of drug-likeness (QED) is 0.326. The Bertz CT molecular complexity index is 1250. The molecule has 0 radical (unpaired) electrons. The van der Waals surface area contributed by atoms with Gasteiger partial charge in [-0.1, -0.05) is 78.9 Å². The minimum absolute atomic E-state index is 0.0511. The second-order valence-corrected chi connectivity index (χ2v) is 9.33. The van der Waals surface area contributed by atoms with E-state index in [4.69, 9.17) is 9.47 Å². The van der Waals surface area contributed by atoms with Crippen LogP contribution in [0.1, 0.15) is 29.5 Å². The Kier molecular flexibility index (Phi) is 9.30. The number of nitrogens with one attached hydrogen (secondary N) is 1.